The van der Waals surface area contributed by atoms with Crippen LogP contribution in [-0.2, 0) is 6.61 Å². The predicted octanol–water partition coefficient (Wildman–Crippen LogP) is 3.78. The molecule has 0 bridgehead atoms. The van der Waals surface area contributed by atoms with Crippen molar-refractivity contribution < 1.29 is 4.74 Å². The quantitative estimate of drug-likeness (QED) is 0.777. The van der Waals surface area contributed by atoms with Crippen molar-refractivity contribution in [1.82, 2.24) is 9.97 Å². The van der Waals surface area contributed by atoms with Gasteiger partial charge in [-0.1, -0.05) is 18.2 Å². The molecule has 0 unspecified atom stereocenters. The van der Waals surface area contributed by atoms with E-state index in [-0.39, 0.29) is 0 Å². The van der Waals surface area contributed by atoms with Crippen LogP contribution >= 0.6 is 0 Å². The summed E-state index contributed by atoms with van der Waals surface area (Å²) in [5, 5.41) is 5.76. The Kier molecular flexibility index (Phi) is 3.35. The number of pyridine rings is 2. The highest BCUT2D eigenvalue weighted by atomic mass is 16.5. The molecule has 0 amide bonds. The van der Waals surface area contributed by atoms with Gasteiger partial charge in [-0.2, -0.15) is 0 Å². The lowest BCUT2D eigenvalue weighted by Gasteiger charge is -2.13. The molecule has 1 fully saturated rings. The predicted molar refractivity (Wildman–Crippen MR) is 87.0 cm³/mol. The Labute approximate surface area is 129 Å². The average Bonchev–Trinajstić information content (AvgIpc) is 3.38. The van der Waals surface area contributed by atoms with Crippen LogP contribution in [0.2, 0.25) is 0 Å². The van der Waals surface area contributed by atoms with Gasteiger partial charge in [0.2, 0.25) is 5.88 Å². The fourth-order valence-corrected chi connectivity index (χ4v) is 2.51. The molecule has 110 valence electrons. The van der Waals surface area contributed by atoms with Crippen molar-refractivity contribution in [3.05, 3.63) is 60.6 Å². The van der Waals surface area contributed by atoms with E-state index in [9.17, 15) is 0 Å². The lowest BCUT2D eigenvalue weighted by atomic mass is 10.1. The van der Waals surface area contributed by atoms with E-state index < -0.39 is 0 Å². The lowest BCUT2D eigenvalue weighted by molar-refractivity contribution is 0.297. The number of nitrogens with zero attached hydrogens (tertiary/aromatic N) is 2. The third-order valence-electron chi connectivity index (χ3n) is 3.79. The Morgan fingerprint density at radius 3 is 2.86 bits per heavy atom. The van der Waals surface area contributed by atoms with Crippen molar-refractivity contribution >= 4 is 16.5 Å². The van der Waals surface area contributed by atoms with E-state index in [0.29, 0.717) is 18.5 Å². The van der Waals surface area contributed by atoms with Crippen molar-refractivity contribution in [2.45, 2.75) is 25.5 Å². The van der Waals surface area contributed by atoms with Crippen molar-refractivity contribution in [3.8, 4) is 5.88 Å². The molecule has 1 aromatic carbocycles. The summed E-state index contributed by atoms with van der Waals surface area (Å²) in [6.07, 6.45) is 7.85. The van der Waals surface area contributed by atoms with Crippen LogP contribution in [0.3, 0.4) is 0 Å². The molecular formula is C18H17N3O. The smallest absolute Gasteiger partial charge is 0.223 e. The minimum Gasteiger partial charge on any atom is -0.472 e. The fraction of sp³-hybridized carbons (Fsp3) is 0.222. The minimum atomic E-state index is 0.470. The zero-order valence-electron chi connectivity index (χ0n) is 12.2. The van der Waals surface area contributed by atoms with Crippen molar-refractivity contribution in [3.63, 3.8) is 0 Å². The van der Waals surface area contributed by atoms with E-state index in [1.165, 1.54) is 12.8 Å². The number of hydrogen-bond acceptors (Lipinski definition) is 4. The number of benzene rings is 1. The number of ether oxygens (including phenoxy) is 1. The average molecular weight is 291 g/mol. The Morgan fingerprint density at radius 1 is 1.09 bits per heavy atom. The number of anilines is 1. The Hall–Kier alpha value is -2.62. The molecule has 0 spiro atoms. The number of hydrogen-bond donors (Lipinski definition) is 1. The molecule has 22 heavy (non-hydrogen) atoms. The van der Waals surface area contributed by atoms with Crippen LogP contribution in [0.1, 0.15) is 18.4 Å². The summed E-state index contributed by atoms with van der Waals surface area (Å²) in [5.41, 5.74) is 2.14. The van der Waals surface area contributed by atoms with E-state index in [4.69, 9.17) is 4.74 Å². The van der Waals surface area contributed by atoms with Crippen LogP contribution in [-0.4, -0.2) is 16.0 Å². The van der Waals surface area contributed by atoms with E-state index in [1.807, 2.05) is 24.4 Å². The first-order valence-corrected chi connectivity index (χ1v) is 7.56. The molecule has 1 N–H and O–H groups in total. The fourth-order valence-electron chi connectivity index (χ4n) is 2.51. The van der Waals surface area contributed by atoms with E-state index in [1.54, 1.807) is 12.4 Å². The van der Waals surface area contributed by atoms with Gasteiger partial charge in [0.1, 0.15) is 6.61 Å². The molecule has 4 nitrogen and oxygen atoms in total. The SMILES string of the molecule is c1cncc(COc2nccc3cccc(NC4CC4)c23)c1. The number of nitrogens with one attached hydrogen (secondary N) is 1. The second kappa shape index (κ2) is 5.64. The topological polar surface area (TPSA) is 47.0 Å². The van der Waals surface area contributed by atoms with Crippen molar-refractivity contribution in [1.29, 1.82) is 0 Å². The normalized spacial score (nSPS) is 14.0. The van der Waals surface area contributed by atoms with Crippen molar-refractivity contribution in [2.24, 2.45) is 0 Å². The molecule has 1 aliphatic rings. The maximum atomic E-state index is 5.96. The van der Waals surface area contributed by atoms with Gasteiger partial charge in [-0.15, -0.1) is 0 Å². The van der Waals surface area contributed by atoms with Gasteiger partial charge in [-0.3, -0.25) is 4.98 Å². The van der Waals surface area contributed by atoms with Crippen LogP contribution in [0, 0.1) is 0 Å². The molecule has 2 heterocycles. The molecule has 1 saturated carbocycles. The monoisotopic (exact) mass is 291 g/mol. The molecule has 1 aliphatic carbocycles. The Morgan fingerprint density at radius 2 is 2.05 bits per heavy atom. The minimum absolute atomic E-state index is 0.470. The van der Waals surface area contributed by atoms with Gasteiger partial charge >= 0.3 is 0 Å². The standard InChI is InChI=1S/C18H17N3O/c1-4-14-8-10-20-18(22-12-13-3-2-9-19-11-13)17(14)16(5-1)21-15-6-7-15/h1-5,8-11,15,21H,6-7,12H2. The summed E-state index contributed by atoms with van der Waals surface area (Å²) in [7, 11) is 0. The second-order valence-corrected chi connectivity index (χ2v) is 5.59. The largest absolute Gasteiger partial charge is 0.472 e. The second-order valence-electron chi connectivity index (χ2n) is 5.59. The maximum absolute atomic E-state index is 5.96. The van der Waals surface area contributed by atoms with E-state index in [0.717, 1.165) is 22.0 Å². The van der Waals surface area contributed by atoms with Gasteiger partial charge in [0.05, 0.1) is 5.39 Å². The Bertz CT molecular complexity index is 779. The molecule has 3 aromatic rings. The first-order valence-electron chi connectivity index (χ1n) is 7.56. The number of rotatable bonds is 5. The maximum Gasteiger partial charge on any atom is 0.223 e. The highest BCUT2D eigenvalue weighted by Crippen LogP contribution is 2.34. The molecule has 2 aromatic heterocycles. The Balaban J connectivity index is 1.67. The highest BCUT2D eigenvalue weighted by molar-refractivity contribution is 5.97. The summed E-state index contributed by atoms with van der Waals surface area (Å²) in [5.74, 6) is 0.671. The molecule has 4 heteroatoms. The van der Waals surface area contributed by atoms with Crippen LogP contribution in [0.15, 0.2) is 55.0 Å². The summed E-state index contributed by atoms with van der Waals surface area (Å²) in [4.78, 5) is 8.54. The molecule has 0 atom stereocenters. The molecule has 0 saturated heterocycles. The third kappa shape index (κ3) is 2.72. The van der Waals surface area contributed by atoms with Gasteiger partial charge in [-0.05, 0) is 36.4 Å². The zero-order chi connectivity index (χ0) is 14.8. The van der Waals surface area contributed by atoms with Crippen LogP contribution < -0.4 is 10.1 Å². The summed E-state index contributed by atoms with van der Waals surface area (Å²) >= 11 is 0. The van der Waals surface area contributed by atoms with Gasteiger partial charge in [0.25, 0.3) is 0 Å². The van der Waals surface area contributed by atoms with Crippen LogP contribution in [0.25, 0.3) is 10.8 Å². The van der Waals surface area contributed by atoms with Crippen LogP contribution in [0.5, 0.6) is 5.88 Å². The van der Waals surface area contributed by atoms with Crippen LogP contribution in [0.4, 0.5) is 5.69 Å². The molecular weight excluding hydrogens is 274 g/mol. The van der Waals surface area contributed by atoms with Gasteiger partial charge in [-0.25, -0.2) is 4.98 Å². The molecule has 0 aliphatic heterocycles. The summed E-state index contributed by atoms with van der Waals surface area (Å²) < 4.78 is 5.96. The number of fused-ring (bicyclic) bond motifs is 1. The number of aromatic nitrogens is 2. The van der Waals surface area contributed by atoms with Gasteiger partial charge in [0.15, 0.2) is 0 Å². The zero-order valence-corrected chi connectivity index (χ0v) is 12.2. The van der Waals surface area contributed by atoms with Gasteiger partial charge < -0.3 is 10.1 Å². The highest BCUT2D eigenvalue weighted by Gasteiger charge is 2.22. The molecule has 0 radical (unpaired) electrons. The van der Waals surface area contributed by atoms with Gasteiger partial charge in [0, 0.05) is 35.9 Å². The van der Waals surface area contributed by atoms with E-state index in [2.05, 4.69) is 33.5 Å². The lowest BCUT2D eigenvalue weighted by Crippen LogP contribution is -2.03. The van der Waals surface area contributed by atoms with Crippen molar-refractivity contribution in [2.75, 3.05) is 5.32 Å². The third-order valence-corrected chi connectivity index (χ3v) is 3.79. The van der Waals surface area contributed by atoms with E-state index >= 15 is 0 Å². The summed E-state index contributed by atoms with van der Waals surface area (Å²) in [6, 6.07) is 12.8. The molecule has 4 rings (SSSR count). The summed E-state index contributed by atoms with van der Waals surface area (Å²) in [6.45, 7) is 0.470. The first kappa shape index (κ1) is 13.1. The first-order chi connectivity index (χ1) is 10.9.